The van der Waals surface area contributed by atoms with E-state index in [0.29, 0.717) is 6.61 Å². The number of nitrogens with one attached hydrogen (secondary N) is 1. The second kappa shape index (κ2) is 4.70. The Morgan fingerprint density at radius 1 is 1.33 bits per heavy atom. The standard InChI is InChI=1S/C12H16N2O/c1-4-15-11-7-5-10(6-8-11)14-12(2,3)9-13/h5-8,14H,4H2,1-3H3. The summed E-state index contributed by atoms with van der Waals surface area (Å²) in [4.78, 5) is 0. The van der Waals surface area contributed by atoms with E-state index in [1.165, 1.54) is 0 Å². The Bertz CT molecular complexity index is 349. The van der Waals surface area contributed by atoms with Crippen LogP contribution in [-0.4, -0.2) is 12.1 Å². The Labute approximate surface area is 90.7 Å². The van der Waals surface area contributed by atoms with Crippen LogP contribution in [0.2, 0.25) is 0 Å². The Morgan fingerprint density at radius 3 is 2.40 bits per heavy atom. The third-order valence-electron chi connectivity index (χ3n) is 1.90. The Balaban J connectivity index is 2.69. The van der Waals surface area contributed by atoms with Crippen molar-refractivity contribution in [1.29, 1.82) is 5.26 Å². The maximum atomic E-state index is 8.86. The fourth-order valence-electron chi connectivity index (χ4n) is 1.19. The molecule has 80 valence electrons. The highest BCUT2D eigenvalue weighted by atomic mass is 16.5. The number of rotatable bonds is 4. The summed E-state index contributed by atoms with van der Waals surface area (Å²) in [5.74, 6) is 0.845. The van der Waals surface area contributed by atoms with E-state index in [4.69, 9.17) is 10.00 Å². The summed E-state index contributed by atoms with van der Waals surface area (Å²) >= 11 is 0. The smallest absolute Gasteiger partial charge is 0.119 e. The SMILES string of the molecule is CCOc1ccc(NC(C)(C)C#N)cc1. The molecule has 0 bridgehead atoms. The fourth-order valence-corrected chi connectivity index (χ4v) is 1.19. The summed E-state index contributed by atoms with van der Waals surface area (Å²) in [7, 11) is 0. The van der Waals surface area contributed by atoms with Gasteiger partial charge in [0.05, 0.1) is 12.7 Å². The lowest BCUT2D eigenvalue weighted by molar-refractivity contribution is 0.340. The van der Waals surface area contributed by atoms with Gasteiger partial charge >= 0.3 is 0 Å². The molecule has 0 aliphatic heterocycles. The molecule has 0 aliphatic carbocycles. The fraction of sp³-hybridized carbons (Fsp3) is 0.417. The third kappa shape index (κ3) is 3.51. The first-order valence-electron chi connectivity index (χ1n) is 4.99. The van der Waals surface area contributed by atoms with Gasteiger partial charge in [-0.15, -0.1) is 0 Å². The van der Waals surface area contributed by atoms with Gasteiger partial charge in [-0.05, 0) is 45.0 Å². The van der Waals surface area contributed by atoms with E-state index in [2.05, 4.69) is 11.4 Å². The first kappa shape index (κ1) is 11.4. The highest BCUT2D eigenvalue weighted by molar-refractivity contribution is 5.49. The Hall–Kier alpha value is -1.69. The molecule has 1 aromatic rings. The quantitative estimate of drug-likeness (QED) is 0.820. The lowest BCUT2D eigenvalue weighted by Gasteiger charge is -2.19. The second-order valence-electron chi connectivity index (χ2n) is 3.82. The molecular weight excluding hydrogens is 188 g/mol. The van der Waals surface area contributed by atoms with Gasteiger partial charge in [0.25, 0.3) is 0 Å². The van der Waals surface area contributed by atoms with Gasteiger partial charge in [-0.1, -0.05) is 0 Å². The van der Waals surface area contributed by atoms with Gasteiger partial charge in [-0.3, -0.25) is 0 Å². The lowest BCUT2D eigenvalue weighted by Crippen LogP contribution is -2.28. The first-order chi connectivity index (χ1) is 7.07. The maximum absolute atomic E-state index is 8.86. The van der Waals surface area contributed by atoms with Crippen molar-refractivity contribution < 1.29 is 4.74 Å². The minimum Gasteiger partial charge on any atom is -0.494 e. The second-order valence-corrected chi connectivity index (χ2v) is 3.82. The van der Waals surface area contributed by atoms with E-state index in [0.717, 1.165) is 11.4 Å². The average Bonchev–Trinajstić information content (AvgIpc) is 2.21. The molecule has 3 heteroatoms. The number of anilines is 1. The number of hydrogen-bond donors (Lipinski definition) is 1. The van der Waals surface area contributed by atoms with Crippen LogP contribution in [0.1, 0.15) is 20.8 Å². The van der Waals surface area contributed by atoms with Crippen molar-refractivity contribution in [2.45, 2.75) is 26.3 Å². The number of hydrogen-bond acceptors (Lipinski definition) is 3. The molecule has 0 radical (unpaired) electrons. The zero-order chi connectivity index (χ0) is 11.3. The topological polar surface area (TPSA) is 45.0 Å². The number of nitriles is 1. The van der Waals surface area contributed by atoms with Gasteiger partial charge in [-0.2, -0.15) is 5.26 Å². The molecule has 3 nitrogen and oxygen atoms in total. The number of benzene rings is 1. The molecule has 0 saturated heterocycles. The Morgan fingerprint density at radius 2 is 1.93 bits per heavy atom. The van der Waals surface area contributed by atoms with Crippen molar-refractivity contribution >= 4 is 5.69 Å². The van der Waals surface area contributed by atoms with Crippen LogP contribution in [0, 0.1) is 11.3 Å². The molecule has 0 fully saturated rings. The minimum absolute atomic E-state index is 0.548. The highest BCUT2D eigenvalue weighted by Crippen LogP contribution is 2.18. The molecule has 1 aromatic carbocycles. The van der Waals surface area contributed by atoms with Crippen molar-refractivity contribution in [3.8, 4) is 11.8 Å². The summed E-state index contributed by atoms with van der Waals surface area (Å²) in [5.41, 5.74) is 0.373. The van der Waals surface area contributed by atoms with E-state index in [-0.39, 0.29) is 0 Å². The molecule has 0 spiro atoms. The van der Waals surface area contributed by atoms with Crippen LogP contribution >= 0.6 is 0 Å². The average molecular weight is 204 g/mol. The largest absolute Gasteiger partial charge is 0.494 e. The zero-order valence-corrected chi connectivity index (χ0v) is 9.37. The molecule has 0 aliphatic rings. The summed E-state index contributed by atoms with van der Waals surface area (Å²) in [5, 5.41) is 12.0. The van der Waals surface area contributed by atoms with E-state index in [9.17, 15) is 0 Å². The van der Waals surface area contributed by atoms with Crippen LogP contribution in [-0.2, 0) is 0 Å². The number of ether oxygens (including phenoxy) is 1. The van der Waals surface area contributed by atoms with Crippen molar-refractivity contribution in [3.63, 3.8) is 0 Å². The van der Waals surface area contributed by atoms with Crippen molar-refractivity contribution in [1.82, 2.24) is 0 Å². The van der Waals surface area contributed by atoms with Crippen LogP contribution in [0.4, 0.5) is 5.69 Å². The van der Waals surface area contributed by atoms with Crippen LogP contribution in [0.5, 0.6) is 5.75 Å². The van der Waals surface area contributed by atoms with Crippen LogP contribution in [0.3, 0.4) is 0 Å². The van der Waals surface area contributed by atoms with E-state index < -0.39 is 5.54 Å². The van der Waals surface area contributed by atoms with Gasteiger partial charge in [-0.25, -0.2) is 0 Å². The molecule has 0 atom stereocenters. The Kier molecular flexibility index (Phi) is 3.56. The van der Waals surface area contributed by atoms with Crippen molar-refractivity contribution in [3.05, 3.63) is 24.3 Å². The molecule has 0 amide bonds. The maximum Gasteiger partial charge on any atom is 0.119 e. The monoisotopic (exact) mass is 204 g/mol. The highest BCUT2D eigenvalue weighted by Gasteiger charge is 2.15. The van der Waals surface area contributed by atoms with Gasteiger partial charge in [0, 0.05) is 5.69 Å². The van der Waals surface area contributed by atoms with Crippen LogP contribution in [0.15, 0.2) is 24.3 Å². The molecular formula is C12H16N2O. The summed E-state index contributed by atoms with van der Waals surface area (Å²) in [6, 6.07) is 9.78. The van der Waals surface area contributed by atoms with Crippen molar-refractivity contribution in [2.75, 3.05) is 11.9 Å². The van der Waals surface area contributed by atoms with E-state index >= 15 is 0 Å². The van der Waals surface area contributed by atoms with E-state index in [1.807, 2.05) is 45.0 Å². The van der Waals surface area contributed by atoms with Crippen molar-refractivity contribution in [2.24, 2.45) is 0 Å². The number of nitrogens with zero attached hydrogens (tertiary/aromatic N) is 1. The third-order valence-corrected chi connectivity index (χ3v) is 1.90. The summed E-state index contributed by atoms with van der Waals surface area (Å²) < 4.78 is 5.32. The molecule has 15 heavy (non-hydrogen) atoms. The predicted octanol–water partition coefficient (Wildman–Crippen LogP) is 2.80. The van der Waals surface area contributed by atoms with Gasteiger partial charge < -0.3 is 10.1 Å². The normalized spacial score (nSPS) is 10.5. The molecule has 0 aromatic heterocycles. The lowest BCUT2D eigenvalue weighted by atomic mass is 10.1. The molecule has 1 rings (SSSR count). The first-order valence-corrected chi connectivity index (χ1v) is 4.99. The van der Waals surface area contributed by atoms with E-state index in [1.54, 1.807) is 0 Å². The molecule has 0 saturated carbocycles. The predicted molar refractivity (Wildman–Crippen MR) is 60.9 cm³/mol. The summed E-state index contributed by atoms with van der Waals surface area (Å²) in [6.45, 7) is 6.29. The zero-order valence-electron chi connectivity index (χ0n) is 9.37. The van der Waals surface area contributed by atoms with Crippen LogP contribution in [0.25, 0.3) is 0 Å². The minimum atomic E-state index is -0.548. The summed E-state index contributed by atoms with van der Waals surface area (Å²) in [6.07, 6.45) is 0. The van der Waals surface area contributed by atoms with Gasteiger partial charge in [0.15, 0.2) is 0 Å². The molecule has 1 N–H and O–H groups in total. The van der Waals surface area contributed by atoms with Gasteiger partial charge in [0.1, 0.15) is 11.3 Å². The van der Waals surface area contributed by atoms with Crippen LogP contribution < -0.4 is 10.1 Å². The molecule has 0 heterocycles. The molecule has 0 unspecified atom stereocenters. The van der Waals surface area contributed by atoms with Gasteiger partial charge in [0.2, 0.25) is 0 Å².